The average molecular weight is 331 g/mol. The van der Waals surface area contributed by atoms with Crippen LogP contribution < -0.4 is 11.0 Å². The molecule has 3 N–H and O–H groups in total. The molecule has 1 aromatic heterocycles. The number of carbonyl (C=O) groups excluding carboxylic acids is 2. The van der Waals surface area contributed by atoms with Gasteiger partial charge in [-0.25, -0.2) is 4.79 Å². The summed E-state index contributed by atoms with van der Waals surface area (Å²) in [6, 6.07) is 4.94. The molecule has 8 heteroatoms. The fourth-order valence-corrected chi connectivity index (χ4v) is 2.95. The van der Waals surface area contributed by atoms with Crippen LogP contribution in [0.4, 0.5) is 5.69 Å². The first-order chi connectivity index (χ1) is 11.4. The average Bonchev–Trinajstić information content (AvgIpc) is 2.93. The van der Waals surface area contributed by atoms with E-state index < -0.39 is 0 Å². The van der Waals surface area contributed by atoms with Gasteiger partial charge in [0.1, 0.15) is 0 Å². The van der Waals surface area contributed by atoms with E-state index in [9.17, 15) is 14.4 Å². The number of fused-ring (bicyclic) bond motifs is 1. The summed E-state index contributed by atoms with van der Waals surface area (Å²) in [6.07, 6.45) is 0. The molecule has 2 amide bonds. The summed E-state index contributed by atoms with van der Waals surface area (Å²) in [4.78, 5) is 44.3. The van der Waals surface area contributed by atoms with E-state index in [-0.39, 0.29) is 23.5 Å². The Bertz CT molecular complexity index is 816. The van der Waals surface area contributed by atoms with Gasteiger partial charge in [0.25, 0.3) is 0 Å². The molecule has 0 saturated carbocycles. The number of hydrogen-bond donors (Lipinski definition) is 3. The van der Waals surface area contributed by atoms with Crippen LogP contribution >= 0.6 is 0 Å². The zero-order valence-electron chi connectivity index (χ0n) is 13.8. The van der Waals surface area contributed by atoms with Gasteiger partial charge in [-0.2, -0.15) is 0 Å². The maximum atomic E-state index is 12.5. The zero-order chi connectivity index (χ0) is 17.3. The Hall–Kier alpha value is -2.61. The number of carbonyl (C=O) groups is 2. The van der Waals surface area contributed by atoms with E-state index in [2.05, 4.69) is 20.2 Å². The fourth-order valence-electron chi connectivity index (χ4n) is 2.95. The topological polar surface area (TPSA) is 101 Å². The molecule has 0 spiro atoms. The van der Waals surface area contributed by atoms with E-state index in [0.29, 0.717) is 42.9 Å². The third kappa shape index (κ3) is 3.33. The first kappa shape index (κ1) is 16.3. The predicted molar refractivity (Wildman–Crippen MR) is 90.8 cm³/mol. The lowest BCUT2D eigenvalue weighted by Crippen LogP contribution is -2.53. The molecule has 1 fully saturated rings. The van der Waals surface area contributed by atoms with E-state index in [0.717, 1.165) is 0 Å². The van der Waals surface area contributed by atoms with Crippen LogP contribution in [0.1, 0.15) is 13.8 Å². The van der Waals surface area contributed by atoms with Crippen LogP contribution in [0.15, 0.2) is 23.0 Å². The Morgan fingerprint density at radius 2 is 1.79 bits per heavy atom. The number of benzene rings is 1. The molecule has 2 aromatic rings. The van der Waals surface area contributed by atoms with Crippen LogP contribution in [0.2, 0.25) is 0 Å². The highest BCUT2D eigenvalue weighted by Gasteiger charge is 2.26. The molecule has 128 valence electrons. The summed E-state index contributed by atoms with van der Waals surface area (Å²) in [6.45, 7) is 6.06. The van der Waals surface area contributed by atoms with Crippen molar-refractivity contribution in [1.29, 1.82) is 0 Å². The molecular weight excluding hydrogens is 310 g/mol. The highest BCUT2D eigenvalue weighted by molar-refractivity contribution is 5.96. The number of rotatable bonds is 3. The maximum Gasteiger partial charge on any atom is 0.323 e. The number of imidazole rings is 1. The maximum absolute atomic E-state index is 12.5. The van der Waals surface area contributed by atoms with Crippen molar-refractivity contribution in [3.63, 3.8) is 0 Å². The Morgan fingerprint density at radius 1 is 1.12 bits per heavy atom. The lowest BCUT2D eigenvalue weighted by Gasteiger charge is -2.37. The minimum Gasteiger partial charge on any atom is -0.340 e. The number of nitrogens with one attached hydrogen (secondary N) is 3. The van der Waals surface area contributed by atoms with Gasteiger partial charge in [0.2, 0.25) is 11.8 Å². The van der Waals surface area contributed by atoms with Crippen LogP contribution in [0.25, 0.3) is 11.0 Å². The SMILES string of the molecule is CC(=O)N1CCN([C@@H](C)C(=O)Nc2ccc3[nH]c(=O)[nH]c3c2)CC1. The molecule has 2 heterocycles. The standard InChI is InChI=1S/C16H21N5O3/c1-10(20-5-7-21(8-6-20)11(2)22)15(23)17-12-3-4-13-14(9-12)19-16(24)18-13/h3-4,9-10H,5-8H2,1-2H3,(H,17,23)(H2,18,19,24)/t10-/m0/s1. The minimum absolute atomic E-state index is 0.0700. The molecule has 0 bridgehead atoms. The van der Waals surface area contributed by atoms with Crippen molar-refractivity contribution in [3.05, 3.63) is 28.7 Å². The third-order valence-electron chi connectivity index (χ3n) is 4.47. The predicted octanol–water partition coefficient (Wildman–Crippen LogP) is 0.347. The van der Waals surface area contributed by atoms with Gasteiger partial charge in [0.15, 0.2) is 0 Å². The Morgan fingerprint density at radius 3 is 2.46 bits per heavy atom. The summed E-state index contributed by atoms with van der Waals surface area (Å²) < 4.78 is 0. The van der Waals surface area contributed by atoms with E-state index in [1.807, 2.05) is 6.92 Å². The van der Waals surface area contributed by atoms with Crippen LogP contribution in [0.5, 0.6) is 0 Å². The van der Waals surface area contributed by atoms with Crippen molar-refractivity contribution in [3.8, 4) is 0 Å². The van der Waals surface area contributed by atoms with Crippen molar-refractivity contribution in [2.24, 2.45) is 0 Å². The quantitative estimate of drug-likeness (QED) is 0.755. The van der Waals surface area contributed by atoms with E-state index in [1.54, 1.807) is 30.0 Å². The van der Waals surface area contributed by atoms with Crippen molar-refractivity contribution in [1.82, 2.24) is 19.8 Å². The van der Waals surface area contributed by atoms with E-state index in [4.69, 9.17) is 0 Å². The number of aromatic amines is 2. The van der Waals surface area contributed by atoms with Gasteiger partial charge in [-0.15, -0.1) is 0 Å². The Labute approximate surface area is 138 Å². The number of nitrogens with zero attached hydrogens (tertiary/aromatic N) is 2. The van der Waals surface area contributed by atoms with Crippen molar-refractivity contribution in [2.45, 2.75) is 19.9 Å². The smallest absolute Gasteiger partial charge is 0.323 e. The van der Waals surface area contributed by atoms with E-state index in [1.165, 1.54) is 0 Å². The van der Waals surface area contributed by atoms with Gasteiger partial charge in [0.05, 0.1) is 17.1 Å². The van der Waals surface area contributed by atoms with Gasteiger partial charge >= 0.3 is 5.69 Å². The molecule has 0 unspecified atom stereocenters. The third-order valence-corrected chi connectivity index (χ3v) is 4.47. The minimum atomic E-state index is -0.292. The Kier molecular flexibility index (Phi) is 4.39. The molecule has 24 heavy (non-hydrogen) atoms. The number of H-pyrrole nitrogens is 2. The molecular formula is C16H21N5O3. The van der Waals surface area contributed by atoms with Gasteiger partial charge in [-0.05, 0) is 25.1 Å². The first-order valence-corrected chi connectivity index (χ1v) is 7.96. The van der Waals surface area contributed by atoms with Crippen molar-refractivity contribution < 1.29 is 9.59 Å². The summed E-state index contributed by atoms with van der Waals surface area (Å²) in [7, 11) is 0. The summed E-state index contributed by atoms with van der Waals surface area (Å²) in [5.74, 6) is -0.0379. The number of anilines is 1. The number of aromatic nitrogens is 2. The van der Waals surface area contributed by atoms with Crippen molar-refractivity contribution >= 4 is 28.5 Å². The van der Waals surface area contributed by atoms with Gasteiger partial charge in [-0.1, -0.05) is 0 Å². The van der Waals surface area contributed by atoms with Gasteiger partial charge < -0.3 is 20.2 Å². The molecule has 1 atom stereocenters. The molecule has 1 aliphatic heterocycles. The largest absolute Gasteiger partial charge is 0.340 e. The van der Waals surface area contributed by atoms with Crippen LogP contribution in [-0.4, -0.2) is 63.8 Å². The lowest BCUT2D eigenvalue weighted by atomic mass is 10.2. The van der Waals surface area contributed by atoms with Gasteiger partial charge in [0, 0.05) is 38.8 Å². The Balaban J connectivity index is 1.63. The normalized spacial score (nSPS) is 17.0. The molecule has 8 nitrogen and oxygen atoms in total. The number of piperazine rings is 1. The second-order valence-electron chi connectivity index (χ2n) is 6.05. The van der Waals surface area contributed by atoms with E-state index >= 15 is 0 Å². The van der Waals surface area contributed by atoms with Crippen LogP contribution in [-0.2, 0) is 9.59 Å². The number of amides is 2. The second-order valence-corrected chi connectivity index (χ2v) is 6.05. The fraction of sp³-hybridized carbons (Fsp3) is 0.438. The summed E-state index contributed by atoms with van der Waals surface area (Å²) in [5.41, 5.74) is 1.72. The van der Waals surface area contributed by atoms with Crippen molar-refractivity contribution in [2.75, 3.05) is 31.5 Å². The molecule has 3 rings (SSSR count). The molecule has 1 aliphatic rings. The molecule has 1 aromatic carbocycles. The zero-order valence-corrected chi connectivity index (χ0v) is 13.8. The molecule has 0 aliphatic carbocycles. The summed E-state index contributed by atoms with van der Waals surface area (Å²) >= 11 is 0. The molecule has 1 saturated heterocycles. The monoisotopic (exact) mass is 331 g/mol. The lowest BCUT2D eigenvalue weighted by molar-refractivity contribution is -0.131. The number of hydrogen-bond acceptors (Lipinski definition) is 4. The highest BCUT2D eigenvalue weighted by atomic mass is 16.2. The second kappa shape index (κ2) is 6.48. The summed E-state index contributed by atoms with van der Waals surface area (Å²) in [5, 5.41) is 2.88. The highest BCUT2D eigenvalue weighted by Crippen LogP contribution is 2.16. The molecule has 0 radical (unpaired) electrons. The van der Waals surface area contributed by atoms with Gasteiger partial charge in [-0.3, -0.25) is 14.5 Å². The van der Waals surface area contributed by atoms with Crippen LogP contribution in [0, 0.1) is 0 Å². The van der Waals surface area contributed by atoms with Crippen LogP contribution in [0.3, 0.4) is 0 Å². The first-order valence-electron chi connectivity index (χ1n) is 7.96.